The molecule has 6 heteroatoms. The molecule has 6 nitrogen and oxygen atoms in total. The van der Waals surface area contributed by atoms with Gasteiger partial charge in [0.05, 0.1) is 35.7 Å². The maximum absolute atomic E-state index is 11.7. The number of carbonyl (C=O) groups is 2. The van der Waals surface area contributed by atoms with E-state index in [1.807, 2.05) is 0 Å². The van der Waals surface area contributed by atoms with Gasteiger partial charge in [0.1, 0.15) is 0 Å². The first-order valence-corrected chi connectivity index (χ1v) is 7.65. The summed E-state index contributed by atoms with van der Waals surface area (Å²) in [6.07, 6.45) is 0. The molecule has 0 amide bonds. The molecule has 0 atom stereocenters. The van der Waals surface area contributed by atoms with Crippen LogP contribution in [0.3, 0.4) is 0 Å². The highest BCUT2D eigenvalue weighted by molar-refractivity contribution is 5.90. The highest BCUT2D eigenvalue weighted by atomic mass is 16.5. The molecule has 2 aromatic carbocycles. The Morgan fingerprint density at radius 3 is 2.17 bits per heavy atom. The van der Waals surface area contributed by atoms with E-state index in [1.165, 1.54) is 0 Å². The van der Waals surface area contributed by atoms with Crippen LogP contribution in [0.4, 0.5) is 11.4 Å². The molecule has 1 N–H and O–H groups in total. The Balaban J connectivity index is 1.97. The van der Waals surface area contributed by atoms with Gasteiger partial charge >= 0.3 is 11.9 Å². The van der Waals surface area contributed by atoms with Crippen LogP contribution in [0.2, 0.25) is 0 Å². The zero-order valence-corrected chi connectivity index (χ0v) is 13.6. The molecule has 2 rings (SSSR count). The van der Waals surface area contributed by atoms with Crippen LogP contribution in [-0.2, 0) is 9.47 Å². The van der Waals surface area contributed by atoms with Crippen LogP contribution >= 0.6 is 0 Å². The number of nitrogens with zero attached hydrogens (tertiary/aromatic N) is 1. The molecule has 0 heterocycles. The number of ether oxygens (including phenoxy) is 2. The fourth-order valence-corrected chi connectivity index (χ4v) is 1.95. The summed E-state index contributed by atoms with van der Waals surface area (Å²) in [5.41, 5.74) is 9.32. The molecule has 0 unspecified atom stereocenters. The summed E-state index contributed by atoms with van der Waals surface area (Å²) < 4.78 is 9.88. The Morgan fingerprint density at radius 2 is 1.54 bits per heavy atom. The monoisotopic (exact) mass is 327 g/mol. The molecular weight excluding hydrogens is 308 g/mol. The molecule has 0 aliphatic heterocycles. The number of rotatable bonds is 7. The number of benzene rings is 2. The van der Waals surface area contributed by atoms with Crippen LogP contribution in [0.5, 0.6) is 0 Å². The quantitative estimate of drug-likeness (QED) is 0.623. The normalized spacial score (nSPS) is 9.92. The minimum atomic E-state index is -0.375. The van der Waals surface area contributed by atoms with Crippen molar-refractivity contribution in [2.45, 2.75) is 13.8 Å². The van der Waals surface area contributed by atoms with Crippen LogP contribution < -0.4 is 10.9 Å². The van der Waals surface area contributed by atoms with Gasteiger partial charge in [-0.2, -0.15) is 5.43 Å². The molecule has 0 aromatic heterocycles. The second-order valence-electron chi connectivity index (χ2n) is 4.79. The second kappa shape index (κ2) is 8.57. The van der Waals surface area contributed by atoms with Crippen molar-refractivity contribution in [1.29, 1.82) is 0 Å². The largest absolute Gasteiger partial charge is 0.462 e. The van der Waals surface area contributed by atoms with E-state index in [0.717, 1.165) is 0 Å². The minimum absolute atomic E-state index is 0.327. The van der Waals surface area contributed by atoms with Gasteiger partial charge in [-0.15, -0.1) is 0 Å². The van der Waals surface area contributed by atoms with E-state index in [0.29, 0.717) is 35.7 Å². The van der Waals surface area contributed by atoms with Crippen LogP contribution in [0.1, 0.15) is 34.6 Å². The maximum Gasteiger partial charge on any atom is 0.338 e. The first kappa shape index (κ1) is 17.3. The highest BCUT2D eigenvalue weighted by Crippen LogP contribution is 2.14. The van der Waals surface area contributed by atoms with E-state index in [-0.39, 0.29) is 11.9 Å². The summed E-state index contributed by atoms with van der Waals surface area (Å²) in [6, 6.07) is 13.6. The third-order valence-electron chi connectivity index (χ3n) is 3.07. The SMILES string of the molecule is CCOC(=O)c1ccc([N]Nc2cccc(C(=O)OCC)c2)cc1. The van der Waals surface area contributed by atoms with E-state index in [4.69, 9.17) is 9.47 Å². The molecule has 125 valence electrons. The Bertz CT molecular complexity index is 698. The Labute approximate surface area is 140 Å². The van der Waals surface area contributed by atoms with E-state index in [2.05, 4.69) is 10.9 Å². The Hall–Kier alpha value is -3.02. The maximum atomic E-state index is 11.7. The fraction of sp³-hybridized carbons (Fsp3) is 0.222. The molecule has 0 spiro atoms. The van der Waals surface area contributed by atoms with Crippen molar-refractivity contribution in [3.8, 4) is 0 Å². The number of nitrogens with one attached hydrogen (secondary N) is 1. The molecule has 0 bridgehead atoms. The van der Waals surface area contributed by atoms with Gasteiger partial charge in [0.15, 0.2) is 0 Å². The van der Waals surface area contributed by atoms with E-state index in [1.54, 1.807) is 62.4 Å². The van der Waals surface area contributed by atoms with Crippen molar-refractivity contribution in [3.63, 3.8) is 0 Å². The van der Waals surface area contributed by atoms with Gasteiger partial charge < -0.3 is 9.47 Å². The third kappa shape index (κ3) is 4.74. The lowest BCUT2D eigenvalue weighted by Gasteiger charge is -2.08. The second-order valence-corrected chi connectivity index (χ2v) is 4.79. The molecule has 2 aromatic rings. The van der Waals surface area contributed by atoms with Gasteiger partial charge in [0, 0.05) is 0 Å². The average Bonchev–Trinajstić information content (AvgIpc) is 2.61. The number of esters is 2. The zero-order chi connectivity index (χ0) is 17.4. The predicted molar refractivity (Wildman–Crippen MR) is 90.2 cm³/mol. The Kier molecular flexibility index (Phi) is 6.19. The topological polar surface area (TPSA) is 78.7 Å². The smallest absolute Gasteiger partial charge is 0.338 e. The van der Waals surface area contributed by atoms with Gasteiger partial charge in [-0.05, 0) is 56.3 Å². The van der Waals surface area contributed by atoms with E-state index >= 15 is 0 Å². The summed E-state index contributed by atoms with van der Waals surface area (Å²) in [7, 11) is 0. The number of hydrogen-bond acceptors (Lipinski definition) is 5. The number of carbonyl (C=O) groups excluding carboxylic acids is 2. The minimum Gasteiger partial charge on any atom is -0.462 e. The van der Waals surface area contributed by atoms with Gasteiger partial charge in [-0.1, -0.05) is 6.07 Å². The molecule has 24 heavy (non-hydrogen) atoms. The van der Waals surface area contributed by atoms with Crippen LogP contribution in [0.25, 0.3) is 0 Å². The van der Waals surface area contributed by atoms with Crippen LogP contribution in [0.15, 0.2) is 48.5 Å². The summed E-state index contributed by atoms with van der Waals surface area (Å²) in [4.78, 5) is 23.3. The van der Waals surface area contributed by atoms with Gasteiger partial charge in [-0.25, -0.2) is 9.59 Å². The fourth-order valence-electron chi connectivity index (χ4n) is 1.95. The van der Waals surface area contributed by atoms with Crippen molar-refractivity contribution in [1.82, 2.24) is 5.43 Å². The van der Waals surface area contributed by atoms with Crippen molar-refractivity contribution >= 4 is 23.3 Å². The summed E-state index contributed by atoms with van der Waals surface area (Å²) in [6.45, 7) is 4.18. The highest BCUT2D eigenvalue weighted by Gasteiger charge is 2.08. The molecule has 0 aliphatic rings. The standard InChI is InChI=1S/C18H19N2O4/c1-3-23-17(21)13-8-10-15(11-9-13)19-20-16-7-5-6-14(12-16)18(22)24-4-2/h5-12,20H,3-4H2,1-2H3. The average molecular weight is 327 g/mol. The molecule has 0 aliphatic carbocycles. The lowest BCUT2D eigenvalue weighted by molar-refractivity contribution is 0.0517. The number of hydrogen-bond donors (Lipinski definition) is 1. The van der Waals surface area contributed by atoms with Crippen LogP contribution in [-0.4, -0.2) is 25.2 Å². The number of anilines is 1. The van der Waals surface area contributed by atoms with Gasteiger partial charge in [0.25, 0.3) is 0 Å². The van der Waals surface area contributed by atoms with Crippen molar-refractivity contribution in [2.75, 3.05) is 18.6 Å². The summed E-state index contributed by atoms with van der Waals surface area (Å²) >= 11 is 0. The van der Waals surface area contributed by atoms with E-state index in [9.17, 15) is 9.59 Å². The molecule has 0 saturated carbocycles. The van der Waals surface area contributed by atoms with Gasteiger partial charge in [0.2, 0.25) is 0 Å². The van der Waals surface area contributed by atoms with Gasteiger partial charge in [-0.3, -0.25) is 5.43 Å². The van der Waals surface area contributed by atoms with Crippen molar-refractivity contribution < 1.29 is 19.1 Å². The van der Waals surface area contributed by atoms with Crippen LogP contribution in [0, 0.1) is 0 Å². The lowest BCUT2D eigenvalue weighted by atomic mass is 10.2. The third-order valence-corrected chi connectivity index (χ3v) is 3.07. The Morgan fingerprint density at radius 1 is 0.917 bits per heavy atom. The molecule has 0 saturated heterocycles. The first-order chi connectivity index (χ1) is 11.6. The van der Waals surface area contributed by atoms with E-state index < -0.39 is 0 Å². The molecule has 0 fully saturated rings. The molecular formula is C18H19N2O4. The first-order valence-electron chi connectivity index (χ1n) is 7.65. The molecule has 1 radical (unpaired) electrons. The zero-order valence-electron chi connectivity index (χ0n) is 13.6. The summed E-state index contributed by atoms with van der Waals surface area (Å²) in [5.74, 6) is -0.737. The summed E-state index contributed by atoms with van der Waals surface area (Å²) in [5, 5.41) is 0. The van der Waals surface area contributed by atoms with Crippen molar-refractivity contribution in [3.05, 3.63) is 59.7 Å². The predicted octanol–water partition coefficient (Wildman–Crippen LogP) is 3.30. The van der Waals surface area contributed by atoms with Crippen molar-refractivity contribution in [2.24, 2.45) is 0 Å². The lowest BCUT2D eigenvalue weighted by Crippen LogP contribution is -2.10.